The lowest BCUT2D eigenvalue weighted by atomic mass is 9.91. The molecule has 2 aromatic heterocycles. The van der Waals surface area contributed by atoms with Crippen LogP contribution in [0.15, 0.2) is 66.9 Å². The van der Waals surface area contributed by atoms with Gasteiger partial charge in [0.05, 0.1) is 5.69 Å². The van der Waals surface area contributed by atoms with E-state index in [1.807, 2.05) is 33.0 Å². The Hall–Kier alpha value is -4.79. The number of carbonyl (C=O) groups excluding carboxylic acids is 1. The molecule has 0 aliphatic carbocycles. The lowest BCUT2D eigenvalue weighted by molar-refractivity contribution is -0.112. The van der Waals surface area contributed by atoms with E-state index in [0.717, 1.165) is 5.56 Å². The van der Waals surface area contributed by atoms with Gasteiger partial charge in [-0.3, -0.25) is 4.79 Å². The second-order valence-electron chi connectivity index (χ2n) is 9.65. The predicted molar refractivity (Wildman–Crippen MR) is 153 cm³/mol. The van der Waals surface area contributed by atoms with Gasteiger partial charge in [-0.1, -0.05) is 38.6 Å². The van der Waals surface area contributed by atoms with Crippen molar-refractivity contribution in [2.24, 2.45) is 13.0 Å². The molecule has 0 bridgehead atoms. The van der Waals surface area contributed by atoms with Crippen molar-refractivity contribution in [1.29, 1.82) is 5.41 Å². The van der Waals surface area contributed by atoms with Gasteiger partial charge < -0.3 is 25.8 Å². The highest BCUT2D eigenvalue weighted by molar-refractivity contribution is 6.12. The van der Waals surface area contributed by atoms with Gasteiger partial charge >= 0.3 is 6.01 Å². The molecule has 1 amide bonds. The average Bonchev–Trinajstić information content (AvgIpc) is 3.15. The third-order valence-electron chi connectivity index (χ3n) is 6.28. The molecule has 39 heavy (non-hydrogen) atoms. The second kappa shape index (κ2) is 10.9. The minimum atomic E-state index is -0.606. The van der Waals surface area contributed by atoms with Crippen LogP contribution in [0.4, 0.5) is 15.9 Å². The van der Waals surface area contributed by atoms with E-state index in [-0.39, 0.29) is 23.6 Å². The maximum Gasteiger partial charge on any atom is 0.322 e. The number of nitrogens with two attached hydrogens (primary N) is 1. The van der Waals surface area contributed by atoms with Gasteiger partial charge in [0.15, 0.2) is 11.6 Å². The highest BCUT2D eigenvalue weighted by atomic mass is 19.1. The summed E-state index contributed by atoms with van der Waals surface area (Å²) in [5, 5.41) is 11.6. The number of rotatable bonds is 8. The first kappa shape index (κ1) is 27.3. The number of hydrogen-bond donors (Lipinski definition) is 3. The fourth-order valence-corrected chi connectivity index (χ4v) is 4.14. The number of nitrogen functional groups attached to an aromatic ring is 1. The maximum absolute atomic E-state index is 15.4. The summed E-state index contributed by atoms with van der Waals surface area (Å²) in [7, 11) is 1.81. The van der Waals surface area contributed by atoms with Crippen molar-refractivity contribution < 1.29 is 13.9 Å². The van der Waals surface area contributed by atoms with E-state index in [0.29, 0.717) is 50.9 Å². The van der Waals surface area contributed by atoms with Crippen LogP contribution < -0.4 is 15.8 Å². The molecule has 2 heterocycles. The van der Waals surface area contributed by atoms with E-state index in [9.17, 15) is 4.79 Å². The Balaban J connectivity index is 1.83. The number of halogens is 1. The Morgan fingerprint density at radius 1 is 1.15 bits per heavy atom. The van der Waals surface area contributed by atoms with E-state index in [2.05, 4.69) is 21.9 Å². The molecule has 0 aliphatic heterocycles. The van der Waals surface area contributed by atoms with E-state index in [1.165, 1.54) is 12.1 Å². The minimum Gasteiger partial charge on any atom is -0.421 e. The van der Waals surface area contributed by atoms with Gasteiger partial charge in [-0.2, -0.15) is 0 Å². The number of aromatic nitrogens is 3. The first-order chi connectivity index (χ1) is 18.5. The molecule has 9 heteroatoms. The summed E-state index contributed by atoms with van der Waals surface area (Å²) in [6, 6.07) is 13.6. The molecule has 2 aromatic carbocycles. The number of anilines is 2. The summed E-state index contributed by atoms with van der Waals surface area (Å²) >= 11 is 0. The zero-order valence-corrected chi connectivity index (χ0v) is 22.6. The predicted octanol–water partition coefficient (Wildman–Crippen LogP) is 6.51. The van der Waals surface area contributed by atoms with E-state index >= 15 is 4.39 Å². The lowest BCUT2D eigenvalue weighted by Crippen LogP contribution is -2.11. The number of carbonyl (C=O) groups is 1. The van der Waals surface area contributed by atoms with Crippen LogP contribution in [0.1, 0.15) is 32.0 Å². The average molecular weight is 527 g/mol. The summed E-state index contributed by atoms with van der Waals surface area (Å²) in [6.45, 7) is 10.9. The van der Waals surface area contributed by atoms with Crippen LogP contribution in [0.2, 0.25) is 0 Å². The summed E-state index contributed by atoms with van der Waals surface area (Å²) in [6.07, 6.45) is 1.54. The summed E-state index contributed by atoms with van der Waals surface area (Å²) in [4.78, 5) is 20.2. The van der Waals surface area contributed by atoms with Crippen LogP contribution in [-0.2, 0) is 11.8 Å². The van der Waals surface area contributed by atoms with Crippen molar-refractivity contribution in [1.82, 2.24) is 14.5 Å². The molecular formula is C30H31FN6O2. The molecule has 8 nitrogen and oxygen atoms in total. The van der Waals surface area contributed by atoms with Gasteiger partial charge in [0, 0.05) is 47.0 Å². The summed E-state index contributed by atoms with van der Waals surface area (Å²) in [5.74, 6) is -0.619. The van der Waals surface area contributed by atoms with Crippen molar-refractivity contribution in [3.63, 3.8) is 0 Å². The number of ether oxygens (including phenoxy) is 1. The smallest absolute Gasteiger partial charge is 0.322 e. The second-order valence-corrected chi connectivity index (χ2v) is 9.65. The number of benzene rings is 2. The largest absolute Gasteiger partial charge is 0.421 e. The zero-order valence-electron chi connectivity index (χ0n) is 22.6. The van der Waals surface area contributed by atoms with Crippen molar-refractivity contribution in [2.75, 3.05) is 11.1 Å². The molecule has 0 saturated heterocycles. The van der Waals surface area contributed by atoms with E-state index in [4.69, 9.17) is 15.9 Å². The van der Waals surface area contributed by atoms with Gasteiger partial charge in [-0.15, -0.1) is 0 Å². The Bertz CT molecular complexity index is 1590. The quantitative estimate of drug-likeness (QED) is 0.179. The summed E-state index contributed by atoms with van der Waals surface area (Å²) < 4.78 is 22.8. The maximum atomic E-state index is 15.4. The lowest BCUT2D eigenvalue weighted by Gasteiger charge is -2.14. The van der Waals surface area contributed by atoms with Gasteiger partial charge in [0.2, 0.25) is 0 Å². The fourth-order valence-electron chi connectivity index (χ4n) is 4.14. The van der Waals surface area contributed by atoms with Gasteiger partial charge in [-0.25, -0.2) is 14.4 Å². The third kappa shape index (κ3) is 5.57. The number of aryl methyl sites for hydroxylation is 1. The molecule has 0 spiro atoms. The highest BCUT2D eigenvalue weighted by Gasteiger charge is 2.26. The van der Waals surface area contributed by atoms with Crippen LogP contribution in [-0.4, -0.2) is 26.2 Å². The molecule has 0 atom stereocenters. The molecule has 4 rings (SSSR count). The van der Waals surface area contributed by atoms with Crippen LogP contribution in [0, 0.1) is 24.1 Å². The van der Waals surface area contributed by atoms with E-state index in [1.54, 1.807) is 48.9 Å². The third-order valence-corrected chi connectivity index (χ3v) is 6.28. The number of amides is 1. The Morgan fingerprint density at radius 3 is 2.41 bits per heavy atom. The number of hydrogen-bond acceptors (Lipinski definition) is 6. The molecule has 0 saturated carbocycles. The van der Waals surface area contributed by atoms with Gasteiger partial charge in [0.1, 0.15) is 5.82 Å². The molecule has 4 N–H and O–H groups in total. The first-order valence-electron chi connectivity index (χ1n) is 12.4. The number of nitrogens with zero attached hydrogens (tertiary/aromatic N) is 3. The Morgan fingerprint density at radius 2 is 1.82 bits per heavy atom. The fraction of sp³-hybridized carbons (Fsp3) is 0.200. The highest BCUT2D eigenvalue weighted by Crippen LogP contribution is 2.42. The molecule has 0 radical (unpaired) electrons. The standard InChI is InChI=1S/C30H31FN6O2/c1-16(2)26(32)25-24(20-9-12-23(22(31)15-20)39-30-34-14-13-18(5)35-30)27(37(6)28(25)33)19-7-10-21(11-8-19)36-29(38)17(3)4/h7-16,32H,3,33H2,1-2,4-6H3,(H,36,38). The molecular weight excluding hydrogens is 495 g/mol. The van der Waals surface area contributed by atoms with Crippen LogP contribution in [0.3, 0.4) is 0 Å². The zero-order chi connectivity index (χ0) is 28.4. The minimum absolute atomic E-state index is 0.0205. The topological polar surface area (TPSA) is 119 Å². The molecule has 0 aliphatic rings. The van der Waals surface area contributed by atoms with E-state index < -0.39 is 5.82 Å². The molecule has 0 unspecified atom stereocenters. The van der Waals surface area contributed by atoms with Crippen molar-refractivity contribution in [3.8, 4) is 34.1 Å². The Kier molecular flexibility index (Phi) is 7.62. The SMILES string of the molecule is C=C(C)C(=O)Nc1ccc(-c2c(-c3ccc(Oc4nccc(C)n4)c(F)c3)c(C(=N)C(C)C)c(N)n2C)cc1. The van der Waals surface area contributed by atoms with Gasteiger partial charge in [0.25, 0.3) is 5.91 Å². The van der Waals surface area contributed by atoms with Crippen molar-refractivity contribution >= 4 is 23.1 Å². The normalized spacial score (nSPS) is 10.9. The summed E-state index contributed by atoms with van der Waals surface area (Å²) in [5.41, 5.74) is 11.8. The monoisotopic (exact) mass is 526 g/mol. The van der Waals surface area contributed by atoms with Crippen LogP contribution >= 0.6 is 0 Å². The molecule has 200 valence electrons. The Labute approximate surface area is 226 Å². The molecule has 4 aromatic rings. The van der Waals surface area contributed by atoms with Crippen molar-refractivity contribution in [3.05, 3.63) is 84.0 Å². The van der Waals surface area contributed by atoms with Crippen LogP contribution in [0.5, 0.6) is 11.8 Å². The molecule has 0 fully saturated rings. The van der Waals surface area contributed by atoms with Crippen molar-refractivity contribution in [2.45, 2.75) is 27.7 Å². The number of nitrogens with one attached hydrogen (secondary N) is 2. The first-order valence-corrected chi connectivity index (χ1v) is 12.4. The van der Waals surface area contributed by atoms with Gasteiger partial charge in [-0.05, 0) is 61.2 Å². The van der Waals surface area contributed by atoms with Crippen LogP contribution in [0.25, 0.3) is 22.4 Å².